The minimum absolute atomic E-state index is 0. The van der Waals surface area contributed by atoms with Crippen LogP contribution in [0.5, 0.6) is 5.75 Å². The lowest BCUT2D eigenvalue weighted by atomic mass is 10.1. The summed E-state index contributed by atoms with van der Waals surface area (Å²) in [5, 5.41) is 6.67. The van der Waals surface area contributed by atoms with Crippen molar-refractivity contribution in [2.45, 2.75) is 53.8 Å². The molecule has 7 heteroatoms. The summed E-state index contributed by atoms with van der Waals surface area (Å²) in [6.45, 7) is 12.8. The number of aliphatic imine (C=N–C) groups is 1. The van der Waals surface area contributed by atoms with Crippen LogP contribution in [0.2, 0.25) is 0 Å². The largest absolute Gasteiger partial charge is 0.491 e. The number of hydrogen-bond donors (Lipinski definition) is 2. The van der Waals surface area contributed by atoms with Crippen LogP contribution < -0.4 is 15.4 Å². The van der Waals surface area contributed by atoms with Crippen LogP contribution in [0.3, 0.4) is 0 Å². The van der Waals surface area contributed by atoms with Gasteiger partial charge in [0, 0.05) is 44.4 Å². The lowest BCUT2D eigenvalue weighted by Gasteiger charge is -2.19. The van der Waals surface area contributed by atoms with Gasteiger partial charge >= 0.3 is 0 Å². The summed E-state index contributed by atoms with van der Waals surface area (Å²) in [6.07, 6.45) is 0.120. The highest BCUT2D eigenvalue weighted by Gasteiger charge is 2.12. The van der Waals surface area contributed by atoms with Gasteiger partial charge in [0.05, 0.1) is 6.10 Å². The summed E-state index contributed by atoms with van der Waals surface area (Å²) in [6, 6.07) is 14.0. The molecular formula is C25H37IN4O2. The summed E-state index contributed by atoms with van der Waals surface area (Å²) in [4.78, 5) is 18.6. The fraction of sp³-hybridized carbons (Fsp3) is 0.440. The third-order valence-corrected chi connectivity index (χ3v) is 4.97. The second-order valence-electron chi connectivity index (χ2n) is 7.73. The molecule has 2 rings (SSSR count). The molecule has 6 nitrogen and oxygen atoms in total. The van der Waals surface area contributed by atoms with Crippen molar-refractivity contribution in [1.82, 2.24) is 15.5 Å². The molecule has 0 aliphatic carbocycles. The maximum absolute atomic E-state index is 12.4. The molecule has 0 fully saturated rings. The third kappa shape index (κ3) is 8.33. The Balaban J connectivity index is 0.00000512. The summed E-state index contributed by atoms with van der Waals surface area (Å²) in [7, 11) is 1.75. The summed E-state index contributed by atoms with van der Waals surface area (Å²) >= 11 is 0. The van der Waals surface area contributed by atoms with Gasteiger partial charge in [-0.1, -0.05) is 24.3 Å². The molecule has 0 heterocycles. The molecule has 0 aliphatic rings. The Bertz CT molecular complexity index is 878. The average molecular weight is 553 g/mol. The average Bonchev–Trinajstić information content (AvgIpc) is 2.75. The van der Waals surface area contributed by atoms with Crippen LogP contribution in [0.25, 0.3) is 0 Å². The van der Waals surface area contributed by atoms with E-state index in [0.29, 0.717) is 37.7 Å². The number of ether oxygens (including phenoxy) is 1. The molecule has 0 radical (unpaired) electrons. The van der Waals surface area contributed by atoms with Gasteiger partial charge in [0.25, 0.3) is 5.91 Å². The van der Waals surface area contributed by atoms with Gasteiger partial charge in [-0.3, -0.25) is 9.79 Å². The molecule has 2 N–H and O–H groups in total. The maximum atomic E-state index is 12.4. The highest BCUT2D eigenvalue weighted by molar-refractivity contribution is 14.0. The van der Waals surface area contributed by atoms with E-state index in [1.807, 2.05) is 56.9 Å². The highest BCUT2D eigenvalue weighted by Crippen LogP contribution is 2.21. The lowest BCUT2D eigenvalue weighted by Crippen LogP contribution is -2.36. The quantitative estimate of drug-likeness (QED) is 0.268. The molecule has 32 heavy (non-hydrogen) atoms. The molecule has 0 saturated carbocycles. The zero-order chi connectivity index (χ0) is 22.8. The number of guanidine groups is 1. The molecule has 0 aliphatic heterocycles. The first-order valence-corrected chi connectivity index (χ1v) is 11.0. The van der Waals surface area contributed by atoms with Crippen molar-refractivity contribution in [2.24, 2.45) is 4.99 Å². The molecule has 2 aromatic rings. The third-order valence-electron chi connectivity index (χ3n) is 4.97. The number of amides is 1. The number of rotatable bonds is 9. The van der Waals surface area contributed by atoms with Gasteiger partial charge < -0.3 is 20.3 Å². The van der Waals surface area contributed by atoms with E-state index >= 15 is 0 Å². The fourth-order valence-electron chi connectivity index (χ4n) is 3.22. The van der Waals surface area contributed by atoms with Gasteiger partial charge in [-0.05, 0) is 63.9 Å². The first-order chi connectivity index (χ1) is 14.9. The molecule has 0 unspecified atom stereocenters. The van der Waals surface area contributed by atoms with Crippen molar-refractivity contribution in [3.8, 4) is 5.75 Å². The number of benzene rings is 2. The minimum atomic E-state index is 0. The van der Waals surface area contributed by atoms with Crippen molar-refractivity contribution in [3.05, 3.63) is 64.7 Å². The van der Waals surface area contributed by atoms with E-state index in [4.69, 9.17) is 4.74 Å². The van der Waals surface area contributed by atoms with E-state index in [-0.39, 0.29) is 36.0 Å². The molecule has 0 saturated heterocycles. The summed E-state index contributed by atoms with van der Waals surface area (Å²) in [5.74, 6) is 1.67. The monoisotopic (exact) mass is 552 g/mol. The van der Waals surface area contributed by atoms with Gasteiger partial charge in [-0.15, -0.1) is 24.0 Å². The van der Waals surface area contributed by atoms with Crippen molar-refractivity contribution in [1.29, 1.82) is 0 Å². The Labute approximate surface area is 209 Å². The van der Waals surface area contributed by atoms with Crippen molar-refractivity contribution in [3.63, 3.8) is 0 Å². The number of aryl methyl sites for hydroxylation is 1. The van der Waals surface area contributed by atoms with Crippen LogP contribution in [-0.4, -0.2) is 43.0 Å². The van der Waals surface area contributed by atoms with E-state index in [2.05, 4.69) is 40.7 Å². The number of halogens is 1. The van der Waals surface area contributed by atoms with Crippen molar-refractivity contribution >= 4 is 35.8 Å². The van der Waals surface area contributed by atoms with Crippen LogP contribution in [0.1, 0.15) is 54.7 Å². The van der Waals surface area contributed by atoms with Gasteiger partial charge in [-0.2, -0.15) is 0 Å². The predicted molar refractivity (Wildman–Crippen MR) is 143 cm³/mol. The van der Waals surface area contributed by atoms with Gasteiger partial charge in [0.15, 0.2) is 5.96 Å². The van der Waals surface area contributed by atoms with Crippen molar-refractivity contribution < 1.29 is 9.53 Å². The zero-order valence-electron chi connectivity index (χ0n) is 20.1. The normalized spacial score (nSPS) is 11.0. The molecule has 176 valence electrons. The van der Waals surface area contributed by atoms with Gasteiger partial charge in [0.2, 0.25) is 0 Å². The highest BCUT2D eigenvalue weighted by atomic mass is 127. The Hall–Kier alpha value is -2.29. The number of hydrogen-bond acceptors (Lipinski definition) is 3. The Morgan fingerprint density at radius 1 is 1.03 bits per heavy atom. The van der Waals surface area contributed by atoms with Gasteiger partial charge in [-0.25, -0.2) is 0 Å². The molecule has 2 aromatic carbocycles. The molecule has 0 spiro atoms. The van der Waals surface area contributed by atoms with Crippen LogP contribution in [-0.2, 0) is 13.1 Å². The van der Waals surface area contributed by atoms with Crippen LogP contribution in [0, 0.1) is 6.92 Å². The standard InChI is InChI=1S/C25H36N4O2.HI/c1-7-29(8-2)24(30)21-13-10-20(11-14-21)16-27-25(26-6)28-17-22-12-9-19(5)15-23(22)31-18(3)4;/h9-15,18H,7-8,16-17H2,1-6H3,(H2,26,27,28);1H. The molecule has 0 aromatic heterocycles. The Kier molecular flexibility index (Phi) is 12.1. The van der Waals surface area contributed by atoms with Crippen LogP contribution in [0.4, 0.5) is 0 Å². The second-order valence-corrected chi connectivity index (χ2v) is 7.73. The number of carbonyl (C=O) groups excluding carboxylic acids is 1. The minimum Gasteiger partial charge on any atom is -0.491 e. The molecule has 0 bridgehead atoms. The maximum Gasteiger partial charge on any atom is 0.253 e. The Morgan fingerprint density at radius 3 is 2.22 bits per heavy atom. The number of carbonyl (C=O) groups is 1. The van der Waals surface area contributed by atoms with Crippen LogP contribution >= 0.6 is 24.0 Å². The Morgan fingerprint density at radius 2 is 1.66 bits per heavy atom. The van der Waals surface area contributed by atoms with Crippen LogP contribution in [0.15, 0.2) is 47.5 Å². The molecular weight excluding hydrogens is 515 g/mol. The van der Waals surface area contributed by atoms with E-state index in [9.17, 15) is 4.79 Å². The van der Waals surface area contributed by atoms with Crippen molar-refractivity contribution in [2.75, 3.05) is 20.1 Å². The smallest absolute Gasteiger partial charge is 0.253 e. The number of nitrogens with zero attached hydrogens (tertiary/aromatic N) is 2. The second kappa shape index (κ2) is 14.0. The lowest BCUT2D eigenvalue weighted by molar-refractivity contribution is 0.0773. The SMILES string of the molecule is CCN(CC)C(=O)c1ccc(CNC(=NC)NCc2ccc(C)cc2OC(C)C)cc1.I. The zero-order valence-corrected chi connectivity index (χ0v) is 22.4. The number of nitrogens with one attached hydrogen (secondary N) is 2. The predicted octanol–water partition coefficient (Wildman–Crippen LogP) is 4.75. The van der Waals surface area contributed by atoms with E-state index in [0.717, 1.165) is 16.9 Å². The summed E-state index contributed by atoms with van der Waals surface area (Å²) < 4.78 is 5.95. The summed E-state index contributed by atoms with van der Waals surface area (Å²) in [5.41, 5.74) is 4.05. The van der Waals surface area contributed by atoms with Gasteiger partial charge in [0.1, 0.15) is 5.75 Å². The van der Waals surface area contributed by atoms with E-state index < -0.39 is 0 Å². The topological polar surface area (TPSA) is 66.0 Å². The first kappa shape index (κ1) is 27.7. The molecule has 0 atom stereocenters. The first-order valence-electron chi connectivity index (χ1n) is 11.0. The van der Waals surface area contributed by atoms with E-state index in [1.54, 1.807) is 7.05 Å². The molecule has 1 amide bonds. The fourth-order valence-corrected chi connectivity index (χ4v) is 3.22. The van der Waals surface area contributed by atoms with E-state index in [1.165, 1.54) is 5.56 Å².